The minimum Gasteiger partial charge on any atom is -0.381 e. The first-order valence-corrected chi connectivity index (χ1v) is 11.9. The average molecular weight is 443 g/mol. The molecule has 2 aliphatic carbocycles. The van der Waals surface area contributed by atoms with Crippen molar-refractivity contribution < 1.29 is 9.53 Å². The standard InChI is InChI=1S/C27H30N4O2/c1-33-23-11-8-20(9-12-23)27(32)31-17-22-3-2-14-29-26(22)30-24-13-10-21(15-25(24)31)19-6-4-18(16-28)5-7-19/h2-3,6,10,13-15,18,20,23H,4-5,7-9,11-12,17H2,1H3,(H,29,30)/t18?,20-,23+. The lowest BCUT2D eigenvalue weighted by Gasteiger charge is -2.32. The summed E-state index contributed by atoms with van der Waals surface area (Å²) in [5.74, 6) is 1.11. The molecule has 2 aromatic rings. The van der Waals surface area contributed by atoms with Crippen molar-refractivity contribution in [3.8, 4) is 6.07 Å². The van der Waals surface area contributed by atoms with Gasteiger partial charge in [0.05, 0.1) is 36.0 Å². The fourth-order valence-electron chi connectivity index (χ4n) is 5.30. The van der Waals surface area contributed by atoms with Crippen molar-refractivity contribution in [2.75, 3.05) is 17.3 Å². The van der Waals surface area contributed by atoms with Gasteiger partial charge < -0.3 is 15.0 Å². The molecule has 3 aliphatic rings. The Morgan fingerprint density at radius 3 is 2.79 bits per heavy atom. The highest BCUT2D eigenvalue weighted by molar-refractivity contribution is 6.00. The number of carbonyl (C=O) groups excluding carboxylic acids is 1. The van der Waals surface area contributed by atoms with Gasteiger partial charge in [0, 0.05) is 24.8 Å². The number of ether oxygens (including phenoxy) is 1. The zero-order valence-electron chi connectivity index (χ0n) is 19.1. The van der Waals surface area contributed by atoms with Crippen LogP contribution in [0.3, 0.4) is 0 Å². The first kappa shape index (κ1) is 21.7. The second-order valence-corrected chi connectivity index (χ2v) is 9.33. The number of amides is 1. The molecule has 1 N–H and O–H groups in total. The Hall–Kier alpha value is -3.17. The number of hydrogen-bond donors (Lipinski definition) is 1. The maximum absolute atomic E-state index is 13.8. The number of carbonyl (C=O) groups is 1. The summed E-state index contributed by atoms with van der Waals surface area (Å²) in [5, 5.41) is 12.7. The van der Waals surface area contributed by atoms with Crippen molar-refractivity contribution in [3.63, 3.8) is 0 Å². The lowest BCUT2D eigenvalue weighted by Crippen LogP contribution is -2.38. The first-order valence-electron chi connectivity index (χ1n) is 11.9. The number of aromatic nitrogens is 1. The van der Waals surface area contributed by atoms with Gasteiger partial charge in [0.25, 0.3) is 0 Å². The second kappa shape index (κ2) is 9.36. The van der Waals surface area contributed by atoms with E-state index in [0.717, 1.165) is 73.3 Å². The van der Waals surface area contributed by atoms with Crippen molar-refractivity contribution in [2.45, 2.75) is 57.6 Å². The molecule has 5 rings (SSSR count). The minimum absolute atomic E-state index is 0.0106. The van der Waals surface area contributed by atoms with E-state index in [1.54, 1.807) is 13.3 Å². The van der Waals surface area contributed by atoms with E-state index in [1.807, 2.05) is 17.0 Å². The van der Waals surface area contributed by atoms with E-state index < -0.39 is 0 Å². The molecule has 6 nitrogen and oxygen atoms in total. The van der Waals surface area contributed by atoms with Crippen LogP contribution in [0.15, 0.2) is 42.6 Å². The van der Waals surface area contributed by atoms with Crippen molar-refractivity contribution in [1.29, 1.82) is 5.26 Å². The maximum Gasteiger partial charge on any atom is 0.230 e. The molecule has 170 valence electrons. The van der Waals surface area contributed by atoms with Crippen molar-refractivity contribution >= 4 is 28.7 Å². The molecule has 1 aromatic heterocycles. The third kappa shape index (κ3) is 4.38. The SMILES string of the molecule is CO[C@H]1CC[C@@H](C(=O)N2Cc3cccnc3Nc3ccc(C4=CCC(C#N)CC4)cc32)CC1. The maximum atomic E-state index is 13.8. The number of fused-ring (bicyclic) bond motifs is 2. The smallest absolute Gasteiger partial charge is 0.230 e. The molecule has 1 aliphatic heterocycles. The Morgan fingerprint density at radius 2 is 2.06 bits per heavy atom. The van der Waals surface area contributed by atoms with Crippen LogP contribution in [-0.4, -0.2) is 24.1 Å². The Labute approximate surface area is 195 Å². The molecular formula is C27H30N4O2. The first-order chi connectivity index (χ1) is 16.2. The van der Waals surface area contributed by atoms with Crippen molar-refractivity contribution in [2.24, 2.45) is 11.8 Å². The van der Waals surface area contributed by atoms with Gasteiger partial charge in [-0.15, -0.1) is 0 Å². The van der Waals surface area contributed by atoms with Crippen molar-refractivity contribution in [3.05, 3.63) is 53.7 Å². The van der Waals surface area contributed by atoms with Gasteiger partial charge >= 0.3 is 0 Å². The number of benzene rings is 1. The number of hydrogen-bond acceptors (Lipinski definition) is 5. The summed E-state index contributed by atoms with van der Waals surface area (Å²) < 4.78 is 5.52. The number of rotatable bonds is 3. The highest BCUT2D eigenvalue weighted by atomic mass is 16.5. The van der Waals surface area contributed by atoms with Crippen LogP contribution >= 0.6 is 0 Å². The predicted molar refractivity (Wildman–Crippen MR) is 129 cm³/mol. The van der Waals surface area contributed by atoms with Gasteiger partial charge in [-0.05, 0) is 74.3 Å². The van der Waals surface area contributed by atoms with Gasteiger partial charge in [-0.2, -0.15) is 5.26 Å². The van der Waals surface area contributed by atoms with E-state index in [0.29, 0.717) is 6.54 Å². The third-order valence-electron chi connectivity index (χ3n) is 7.35. The number of anilines is 3. The van der Waals surface area contributed by atoms with Crippen molar-refractivity contribution in [1.82, 2.24) is 4.98 Å². The van der Waals surface area contributed by atoms with E-state index in [1.165, 1.54) is 5.57 Å². The molecule has 1 unspecified atom stereocenters. The highest BCUT2D eigenvalue weighted by Crippen LogP contribution is 2.40. The summed E-state index contributed by atoms with van der Waals surface area (Å²) in [5.41, 5.74) is 5.22. The minimum atomic E-state index is 0.0106. The normalized spacial score (nSPS) is 24.4. The molecule has 0 saturated heterocycles. The fourth-order valence-corrected chi connectivity index (χ4v) is 5.30. The number of methoxy groups -OCH3 is 1. The largest absolute Gasteiger partial charge is 0.381 e. The molecule has 1 amide bonds. The molecule has 1 saturated carbocycles. The van der Waals surface area contributed by atoms with Crippen LogP contribution in [0, 0.1) is 23.2 Å². The van der Waals surface area contributed by atoms with Gasteiger partial charge in [0.15, 0.2) is 0 Å². The molecule has 1 aromatic carbocycles. The Bertz CT molecular complexity index is 1110. The van der Waals surface area contributed by atoms with Crippen LogP contribution in [0.5, 0.6) is 0 Å². The van der Waals surface area contributed by atoms with Crippen LogP contribution in [0.4, 0.5) is 17.2 Å². The summed E-state index contributed by atoms with van der Waals surface area (Å²) in [6.07, 6.45) is 10.4. The van der Waals surface area contributed by atoms with Crippen LogP contribution in [0.1, 0.15) is 56.1 Å². The summed E-state index contributed by atoms with van der Waals surface area (Å²) >= 11 is 0. The van der Waals surface area contributed by atoms with Gasteiger partial charge in [0.1, 0.15) is 5.82 Å². The topological polar surface area (TPSA) is 78.2 Å². The number of allylic oxidation sites excluding steroid dienone is 2. The number of nitrogens with zero attached hydrogens (tertiary/aromatic N) is 3. The summed E-state index contributed by atoms with van der Waals surface area (Å²) in [4.78, 5) is 20.3. The van der Waals surface area contributed by atoms with Gasteiger partial charge in [0.2, 0.25) is 5.91 Å². The molecule has 6 heteroatoms. The van der Waals surface area contributed by atoms with E-state index in [-0.39, 0.29) is 23.8 Å². The number of nitriles is 1. The predicted octanol–water partition coefficient (Wildman–Crippen LogP) is 5.58. The number of nitrogens with one attached hydrogen (secondary N) is 1. The molecule has 0 bridgehead atoms. The van der Waals surface area contributed by atoms with Crippen LogP contribution < -0.4 is 10.2 Å². The van der Waals surface area contributed by atoms with E-state index in [4.69, 9.17) is 4.74 Å². The third-order valence-corrected chi connectivity index (χ3v) is 7.35. The Kier molecular flexibility index (Phi) is 6.15. The van der Waals surface area contributed by atoms with Gasteiger partial charge in [-0.3, -0.25) is 4.79 Å². The quantitative estimate of drug-likeness (QED) is 0.671. The monoisotopic (exact) mass is 442 g/mol. The second-order valence-electron chi connectivity index (χ2n) is 9.33. The lowest BCUT2D eigenvalue weighted by atomic mass is 9.85. The zero-order chi connectivity index (χ0) is 22.8. The molecule has 1 fully saturated rings. The molecule has 0 spiro atoms. The summed E-state index contributed by atoms with van der Waals surface area (Å²) in [7, 11) is 1.76. The summed E-state index contributed by atoms with van der Waals surface area (Å²) in [6, 6.07) is 12.7. The van der Waals surface area contributed by atoms with Crippen LogP contribution in [0.25, 0.3) is 5.57 Å². The fraction of sp³-hybridized carbons (Fsp3) is 0.444. The molecule has 33 heavy (non-hydrogen) atoms. The van der Waals surface area contributed by atoms with Crippen LogP contribution in [-0.2, 0) is 16.1 Å². The Balaban J connectivity index is 1.50. The summed E-state index contributed by atoms with van der Waals surface area (Å²) in [6.45, 7) is 0.505. The molecule has 1 atom stereocenters. The zero-order valence-corrected chi connectivity index (χ0v) is 19.1. The van der Waals surface area contributed by atoms with E-state index in [2.05, 4.69) is 40.6 Å². The highest BCUT2D eigenvalue weighted by Gasteiger charge is 2.33. The molecule has 2 heterocycles. The van der Waals surface area contributed by atoms with E-state index in [9.17, 15) is 10.1 Å². The molecule has 0 radical (unpaired) electrons. The number of pyridine rings is 1. The van der Waals surface area contributed by atoms with Crippen LogP contribution in [0.2, 0.25) is 0 Å². The average Bonchev–Trinajstić information content (AvgIpc) is 3.04. The molecular weight excluding hydrogens is 412 g/mol. The Morgan fingerprint density at radius 1 is 1.21 bits per heavy atom. The lowest BCUT2D eigenvalue weighted by molar-refractivity contribution is -0.124. The van der Waals surface area contributed by atoms with E-state index >= 15 is 0 Å². The van der Waals surface area contributed by atoms with Gasteiger partial charge in [-0.1, -0.05) is 18.2 Å². The van der Waals surface area contributed by atoms with Gasteiger partial charge in [-0.25, -0.2) is 4.98 Å².